The summed E-state index contributed by atoms with van der Waals surface area (Å²) in [5.74, 6) is 0.411. The molecule has 0 atom stereocenters. The van der Waals surface area contributed by atoms with Crippen LogP contribution in [0.3, 0.4) is 0 Å². The van der Waals surface area contributed by atoms with Crippen molar-refractivity contribution in [3.05, 3.63) is 47.1 Å². The average molecular weight is 401 g/mol. The molecule has 0 aliphatic rings. The van der Waals surface area contributed by atoms with Gasteiger partial charge in [-0.3, -0.25) is 4.79 Å². The van der Waals surface area contributed by atoms with Crippen molar-refractivity contribution in [2.24, 2.45) is 0 Å². The second kappa shape index (κ2) is 9.19. The minimum absolute atomic E-state index is 0.0405. The molecule has 3 aromatic rings. The summed E-state index contributed by atoms with van der Waals surface area (Å²) in [5, 5.41) is 4.98. The van der Waals surface area contributed by atoms with Crippen molar-refractivity contribution in [1.29, 1.82) is 0 Å². The number of hydrogen-bond acceptors (Lipinski definition) is 6. The second-order valence-corrected chi connectivity index (χ2v) is 8.56. The standard InChI is InChI=1S/C20H24N4OS2/c1-14-15(2)27-20-18(14)19(22-13-23-20)26-12-17(25)21-10-7-11-24(3)16-8-5-4-6-9-16/h4-6,8-9,13H,7,10-12H2,1-3H3,(H,21,25). The largest absolute Gasteiger partial charge is 0.375 e. The van der Waals surface area contributed by atoms with Gasteiger partial charge in [-0.2, -0.15) is 0 Å². The first-order valence-electron chi connectivity index (χ1n) is 8.92. The number of carbonyl (C=O) groups excluding carboxylic acids is 1. The monoisotopic (exact) mass is 400 g/mol. The van der Waals surface area contributed by atoms with E-state index in [0.29, 0.717) is 12.3 Å². The summed E-state index contributed by atoms with van der Waals surface area (Å²) in [7, 11) is 2.07. The van der Waals surface area contributed by atoms with Gasteiger partial charge in [-0.15, -0.1) is 11.3 Å². The highest BCUT2D eigenvalue weighted by molar-refractivity contribution is 8.00. The van der Waals surface area contributed by atoms with Gasteiger partial charge in [0.2, 0.25) is 5.91 Å². The van der Waals surface area contributed by atoms with Crippen LogP contribution in [0.25, 0.3) is 10.2 Å². The zero-order valence-corrected chi connectivity index (χ0v) is 17.5. The number of fused-ring (bicyclic) bond motifs is 1. The molecule has 0 spiro atoms. The lowest BCUT2D eigenvalue weighted by molar-refractivity contribution is -0.118. The fraction of sp³-hybridized carbons (Fsp3) is 0.350. The fourth-order valence-corrected chi connectivity index (χ4v) is 4.75. The number of benzene rings is 1. The van der Waals surface area contributed by atoms with E-state index in [1.165, 1.54) is 27.9 Å². The van der Waals surface area contributed by atoms with Crippen molar-refractivity contribution in [1.82, 2.24) is 15.3 Å². The Morgan fingerprint density at radius 1 is 1.22 bits per heavy atom. The molecule has 2 aromatic heterocycles. The fourth-order valence-electron chi connectivity index (χ4n) is 2.80. The van der Waals surface area contributed by atoms with Crippen LogP contribution in [0.15, 0.2) is 41.7 Å². The van der Waals surface area contributed by atoms with E-state index in [-0.39, 0.29) is 5.91 Å². The normalized spacial score (nSPS) is 10.9. The van der Waals surface area contributed by atoms with E-state index in [1.807, 2.05) is 18.2 Å². The molecular formula is C20H24N4OS2. The molecule has 2 heterocycles. The molecule has 0 aliphatic carbocycles. The van der Waals surface area contributed by atoms with E-state index in [1.54, 1.807) is 17.7 Å². The summed E-state index contributed by atoms with van der Waals surface area (Å²) in [6, 6.07) is 10.3. The lowest BCUT2D eigenvalue weighted by Crippen LogP contribution is -2.29. The Hall–Kier alpha value is -2.12. The van der Waals surface area contributed by atoms with Gasteiger partial charge in [0.15, 0.2) is 0 Å². The second-order valence-electron chi connectivity index (χ2n) is 6.39. The molecule has 7 heteroatoms. The molecule has 1 aromatic carbocycles. The molecule has 0 fully saturated rings. The molecule has 142 valence electrons. The number of hydrogen-bond donors (Lipinski definition) is 1. The Bertz CT molecular complexity index is 911. The van der Waals surface area contributed by atoms with Crippen molar-refractivity contribution in [2.75, 3.05) is 30.8 Å². The van der Waals surface area contributed by atoms with E-state index >= 15 is 0 Å². The van der Waals surface area contributed by atoms with Crippen LogP contribution >= 0.6 is 23.1 Å². The van der Waals surface area contributed by atoms with Crippen LogP contribution in [0.1, 0.15) is 16.9 Å². The number of aryl methyl sites for hydroxylation is 2. The molecule has 0 saturated carbocycles. The molecule has 0 saturated heterocycles. The maximum absolute atomic E-state index is 12.2. The lowest BCUT2D eigenvalue weighted by atomic mass is 10.2. The number of nitrogens with one attached hydrogen (secondary N) is 1. The van der Waals surface area contributed by atoms with E-state index < -0.39 is 0 Å². The third kappa shape index (κ3) is 4.99. The number of para-hydroxylation sites is 1. The highest BCUT2D eigenvalue weighted by Gasteiger charge is 2.13. The minimum Gasteiger partial charge on any atom is -0.375 e. The third-order valence-electron chi connectivity index (χ3n) is 4.46. The van der Waals surface area contributed by atoms with Gasteiger partial charge in [0.25, 0.3) is 0 Å². The number of thioether (sulfide) groups is 1. The maximum atomic E-state index is 12.2. The van der Waals surface area contributed by atoms with Crippen LogP contribution < -0.4 is 10.2 Å². The zero-order valence-electron chi connectivity index (χ0n) is 15.9. The van der Waals surface area contributed by atoms with Gasteiger partial charge in [0.05, 0.1) is 5.75 Å². The van der Waals surface area contributed by atoms with Gasteiger partial charge in [0, 0.05) is 36.1 Å². The molecule has 3 rings (SSSR count). The van der Waals surface area contributed by atoms with Crippen LogP contribution in [-0.4, -0.2) is 41.8 Å². The van der Waals surface area contributed by atoms with Gasteiger partial charge in [-0.1, -0.05) is 30.0 Å². The van der Waals surface area contributed by atoms with Crippen LogP contribution in [0.4, 0.5) is 5.69 Å². The predicted octanol–water partition coefficient (Wildman–Crippen LogP) is 4.04. The third-order valence-corrected chi connectivity index (χ3v) is 6.56. The number of nitrogens with zero attached hydrogens (tertiary/aromatic N) is 3. The van der Waals surface area contributed by atoms with Crippen molar-refractivity contribution >= 4 is 44.9 Å². The molecule has 0 unspecified atom stereocenters. The first-order chi connectivity index (χ1) is 13.1. The maximum Gasteiger partial charge on any atom is 0.230 e. The quantitative estimate of drug-likeness (QED) is 0.351. The van der Waals surface area contributed by atoms with Crippen LogP contribution in [0.2, 0.25) is 0 Å². The summed E-state index contributed by atoms with van der Waals surface area (Å²) in [4.78, 5) is 25.3. The summed E-state index contributed by atoms with van der Waals surface area (Å²) in [6.45, 7) is 5.75. The number of carbonyl (C=O) groups is 1. The SMILES string of the molecule is Cc1sc2ncnc(SCC(=O)NCCCN(C)c3ccccc3)c2c1C. The van der Waals surface area contributed by atoms with Gasteiger partial charge >= 0.3 is 0 Å². The average Bonchev–Trinajstić information content (AvgIpc) is 2.98. The molecule has 0 bridgehead atoms. The van der Waals surface area contributed by atoms with E-state index in [0.717, 1.165) is 28.2 Å². The predicted molar refractivity (Wildman–Crippen MR) is 115 cm³/mol. The Labute approximate surface area is 168 Å². The molecule has 0 radical (unpaired) electrons. The Morgan fingerprint density at radius 2 is 2.00 bits per heavy atom. The Balaban J connectivity index is 1.44. The number of amides is 1. The summed E-state index contributed by atoms with van der Waals surface area (Å²) >= 11 is 3.16. The van der Waals surface area contributed by atoms with Gasteiger partial charge in [-0.05, 0) is 38.0 Å². The molecule has 27 heavy (non-hydrogen) atoms. The van der Waals surface area contributed by atoms with Crippen molar-refractivity contribution in [3.8, 4) is 0 Å². The number of aromatic nitrogens is 2. The van der Waals surface area contributed by atoms with Crippen molar-refractivity contribution in [3.63, 3.8) is 0 Å². The molecular weight excluding hydrogens is 376 g/mol. The van der Waals surface area contributed by atoms with Crippen LogP contribution in [-0.2, 0) is 4.79 Å². The van der Waals surface area contributed by atoms with E-state index in [4.69, 9.17) is 0 Å². The topological polar surface area (TPSA) is 58.1 Å². The summed E-state index contributed by atoms with van der Waals surface area (Å²) < 4.78 is 0. The Kier molecular flexibility index (Phi) is 6.68. The van der Waals surface area contributed by atoms with E-state index in [9.17, 15) is 4.79 Å². The highest BCUT2D eigenvalue weighted by atomic mass is 32.2. The molecule has 5 nitrogen and oxygen atoms in total. The van der Waals surface area contributed by atoms with Gasteiger partial charge in [0.1, 0.15) is 16.2 Å². The summed E-state index contributed by atoms with van der Waals surface area (Å²) in [6.07, 6.45) is 2.49. The molecule has 1 N–H and O–H groups in total. The number of thiophene rings is 1. The van der Waals surface area contributed by atoms with Crippen molar-refractivity contribution in [2.45, 2.75) is 25.3 Å². The molecule has 1 amide bonds. The van der Waals surface area contributed by atoms with E-state index in [2.05, 4.69) is 53.2 Å². The first kappa shape index (κ1) is 19.6. The zero-order chi connectivity index (χ0) is 19.2. The Morgan fingerprint density at radius 3 is 2.78 bits per heavy atom. The summed E-state index contributed by atoms with van der Waals surface area (Å²) in [5.41, 5.74) is 2.40. The van der Waals surface area contributed by atoms with Crippen molar-refractivity contribution < 1.29 is 4.79 Å². The van der Waals surface area contributed by atoms with Gasteiger partial charge in [-0.25, -0.2) is 9.97 Å². The van der Waals surface area contributed by atoms with Crippen LogP contribution in [0.5, 0.6) is 0 Å². The smallest absolute Gasteiger partial charge is 0.230 e. The number of anilines is 1. The lowest BCUT2D eigenvalue weighted by Gasteiger charge is -2.19. The minimum atomic E-state index is 0.0405. The number of rotatable bonds is 8. The first-order valence-corrected chi connectivity index (χ1v) is 10.7. The highest BCUT2D eigenvalue weighted by Crippen LogP contribution is 2.34. The van der Waals surface area contributed by atoms with Gasteiger partial charge < -0.3 is 10.2 Å². The van der Waals surface area contributed by atoms with Crippen LogP contribution in [0, 0.1) is 13.8 Å². The molecule has 0 aliphatic heterocycles.